The number of aliphatic hydroxyl groups excluding tert-OH is 1. The molecule has 1 atom stereocenters. The van der Waals surface area contributed by atoms with Gasteiger partial charge >= 0.3 is 0 Å². The lowest BCUT2D eigenvalue weighted by atomic mass is 10.2. The van der Waals surface area contributed by atoms with Crippen LogP contribution in [0.4, 0.5) is 5.69 Å². The first-order valence-corrected chi connectivity index (χ1v) is 5.96. The summed E-state index contributed by atoms with van der Waals surface area (Å²) < 4.78 is 0. The van der Waals surface area contributed by atoms with Gasteiger partial charge in [-0.1, -0.05) is 31.5 Å². The second-order valence-electron chi connectivity index (χ2n) is 3.97. The highest BCUT2D eigenvalue weighted by Crippen LogP contribution is 2.03. The molecular weight excluding hydrogens is 252 g/mol. The van der Waals surface area contributed by atoms with Gasteiger partial charge in [0.15, 0.2) is 0 Å². The summed E-state index contributed by atoms with van der Waals surface area (Å²) in [6.07, 6.45) is 1.19. The third-order valence-corrected chi connectivity index (χ3v) is 2.38. The molecule has 0 aromatic heterocycles. The zero-order valence-electron chi connectivity index (χ0n) is 10.6. The summed E-state index contributed by atoms with van der Waals surface area (Å²) in [5.74, 6) is -0.107. The van der Waals surface area contributed by atoms with Gasteiger partial charge in [-0.3, -0.25) is 4.79 Å². The van der Waals surface area contributed by atoms with E-state index in [-0.39, 0.29) is 24.9 Å². The number of anilines is 1. The number of amides is 1. The van der Waals surface area contributed by atoms with Crippen molar-refractivity contribution in [3.63, 3.8) is 0 Å². The second-order valence-corrected chi connectivity index (χ2v) is 3.97. The van der Waals surface area contributed by atoms with E-state index in [2.05, 4.69) is 10.6 Å². The van der Waals surface area contributed by atoms with E-state index in [1.165, 1.54) is 0 Å². The third-order valence-electron chi connectivity index (χ3n) is 2.38. The molecular formula is C13H21ClN2O2. The third kappa shape index (κ3) is 7.14. The number of carbonyl (C=O) groups is 1. The summed E-state index contributed by atoms with van der Waals surface area (Å²) in [5.41, 5.74) is 0.914. The lowest BCUT2D eigenvalue weighted by Crippen LogP contribution is -2.35. The van der Waals surface area contributed by atoms with Crippen molar-refractivity contribution >= 4 is 24.0 Å². The van der Waals surface area contributed by atoms with E-state index in [4.69, 9.17) is 0 Å². The predicted octanol–water partition coefficient (Wildman–Crippen LogP) is 1.80. The number of aliphatic hydroxyl groups is 1. The molecule has 0 radical (unpaired) electrons. The zero-order chi connectivity index (χ0) is 12.5. The fourth-order valence-electron chi connectivity index (χ4n) is 1.47. The van der Waals surface area contributed by atoms with Gasteiger partial charge in [-0.15, -0.1) is 12.4 Å². The molecule has 0 saturated heterocycles. The number of para-hydroxylation sites is 1. The van der Waals surface area contributed by atoms with E-state index < -0.39 is 6.10 Å². The minimum atomic E-state index is -0.444. The summed E-state index contributed by atoms with van der Waals surface area (Å²) in [6.45, 7) is 2.55. The van der Waals surface area contributed by atoms with Crippen molar-refractivity contribution in [3.05, 3.63) is 30.3 Å². The summed E-state index contributed by atoms with van der Waals surface area (Å²) >= 11 is 0. The minimum Gasteiger partial charge on any atom is -0.391 e. The number of hydrogen-bond acceptors (Lipinski definition) is 3. The fraction of sp³-hybridized carbons (Fsp3) is 0.462. The van der Waals surface area contributed by atoms with Crippen LogP contribution in [0.5, 0.6) is 0 Å². The highest BCUT2D eigenvalue weighted by molar-refractivity contribution is 5.85. The smallest absolute Gasteiger partial charge is 0.239 e. The molecule has 0 aliphatic carbocycles. The molecule has 0 aliphatic rings. The molecule has 1 rings (SSSR count). The Kier molecular flexibility index (Phi) is 9.06. The van der Waals surface area contributed by atoms with Crippen molar-refractivity contribution in [2.24, 2.45) is 0 Å². The Morgan fingerprint density at radius 1 is 1.33 bits per heavy atom. The molecule has 1 aromatic carbocycles. The van der Waals surface area contributed by atoms with Crippen LogP contribution in [0.15, 0.2) is 30.3 Å². The average molecular weight is 273 g/mol. The first kappa shape index (κ1) is 16.7. The maximum atomic E-state index is 11.4. The molecule has 0 aliphatic heterocycles. The molecule has 0 heterocycles. The number of hydrogen-bond donors (Lipinski definition) is 3. The standard InChI is InChI=1S/C13H20N2O2.ClH/c1-2-6-12(16)9-15-13(17)10-14-11-7-4-3-5-8-11;/h3-5,7-8,12,14,16H,2,6,9-10H2,1H3,(H,15,17);1H. The molecule has 1 unspecified atom stereocenters. The van der Waals surface area contributed by atoms with E-state index in [1.807, 2.05) is 37.3 Å². The van der Waals surface area contributed by atoms with Crippen molar-refractivity contribution in [2.45, 2.75) is 25.9 Å². The van der Waals surface area contributed by atoms with Gasteiger partial charge in [0.05, 0.1) is 12.6 Å². The molecule has 0 fully saturated rings. The molecule has 0 saturated carbocycles. The highest BCUT2D eigenvalue weighted by Gasteiger charge is 2.05. The molecule has 4 nitrogen and oxygen atoms in total. The summed E-state index contributed by atoms with van der Waals surface area (Å²) in [4.78, 5) is 11.4. The van der Waals surface area contributed by atoms with Gasteiger partial charge in [0.1, 0.15) is 0 Å². The van der Waals surface area contributed by atoms with Gasteiger partial charge in [-0.25, -0.2) is 0 Å². The summed E-state index contributed by atoms with van der Waals surface area (Å²) in [6, 6.07) is 9.54. The quantitative estimate of drug-likeness (QED) is 0.709. The van der Waals surface area contributed by atoms with Crippen molar-refractivity contribution < 1.29 is 9.90 Å². The van der Waals surface area contributed by atoms with Crippen molar-refractivity contribution in [2.75, 3.05) is 18.4 Å². The molecule has 102 valence electrons. The van der Waals surface area contributed by atoms with Crippen LogP contribution in [0, 0.1) is 0 Å². The maximum absolute atomic E-state index is 11.4. The van der Waals surface area contributed by atoms with Crippen LogP contribution in [-0.4, -0.2) is 30.2 Å². The molecule has 1 aromatic rings. The van der Waals surface area contributed by atoms with Gasteiger partial charge in [-0.2, -0.15) is 0 Å². The molecule has 18 heavy (non-hydrogen) atoms. The first-order valence-electron chi connectivity index (χ1n) is 5.96. The lowest BCUT2D eigenvalue weighted by molar-refractivity contribution is -0.119. The molecule has 1 amide bonds. The molecule has 3 N–H and O–H groups in total. The lowest BCUT2D eigenvalue weighted by Gasteiger charge is -2.11. The van der Waals surface area contributed by atoms with Gasteiger partial charge in [0.2, 0.25) is 5.91 Å². The van der Waals surface area contributed by atoms with Crippen molar-refractivity contribution in [1.29, 1.82) is 0 Å². The van der Waals surface area contributed by atoms with Crippen LogP contribution < -0.4 is 10.6 Å². The number of halogens is 1. The average Bonchev–Trinajstić information content (AvgIpc) is 2.35. The number of rotatable bonds is 7. The molecule has 0 spiro atoms. The highest BCUT2D eigenvalue weighted by atomic mass is 35.5. The molecule has 0 bridgehead atoms. The number of benzene rings is 1. The predicted molar refractivity (Wildman–Crippen MR) is 76.1 cm³/mol. The fourth-order valence-corrected chi connectivity index (χ4v) is 1.47. The summed E-state index contributed by atoms with van der Waals surface area (Å²) in [7, 11) is 0. The Labute approximate surface area is 114 Å². The summed E-state index contributed by atoms with van der Waals surface area (Å²) in [5, 5.41) is 15.1. The SMILES string of the molecule is CCCC(O)CNC(=O)CNc1ccccc1.Cl. The number of nitrogens with one attached hydrogen (secondary N) is 2. The van der Waals surface area contributed by atoms with Crippen LogP contribution in [0.1, 0.15) is 19.8 Å². The van der Waals surface area contributed by atoms with Gasteiger partial charge in [-0.05, 0) is 18.6 Å². The van der Waals surface area contributed by atoms with Gasteiger partial charge < -0.3 is 15.7 Å². The second kappa shape index (κ2) is 9.74. The molecule has 5 heteroatoms. The Morgan fingerprint density at radius 2 is 2.00 bits per heavy atom. The van der Waals surface area contributed by atoms with Gasteiger partial charge in [0, 0.05) is 12.2 Å². The van der Waals surface area contributed by atoms with E-state index in [0.29, 0.717) is 13.0 Å². The van der Waals surface area contributed by atoms with E-state index in [9.17, 15) is 9.90 Å². The van der Waals surface area contributed by atoms with Crippen LogP contribution in [0.25, 0.3) is 0 Å². The van der Waals surface area contributed by atoms with Crippen LogP contribution in [0.2, 0.25) is 0 Å². The van der Waals surface area contributed by atoms with E-state index in [0.717, 1.165) is 12.1 Å². The van der Waals surface area contributed by atoms with E-state index >= 15 is 0 Å². The maximum Gasteiger partial charge on any atom is 0.239 e. The Morgan fingerprint density at radius 3 is 2.61 bits per heavy atom. The Balaban J connectivity index is 0.00000289. The van der Waals surface area contributed by atoms with Crippen LogP contribution in [0.3, 0.4) is 0 Å². The van der Waals surface area contributed by atoms with Crippen LogP contribution in [-0.2, 0) is 4.79 Å². The number of carbonyl (C=O) groups excluding carboxylic acids is 1. The van der Waals surface area contributed by atoms with E-state index in [1.54, 1.807) is 0 Å². The minimum absolute atomic E-state index is 0. The monoisotopic (exact) mass is 272 g/mol. The topological polar surface area (TPSA) is 61.4 Å². The van der Waals surface area contributed by atoms with Crippen molar-refractivity contribution in [1.82, 2.24) is 5.32 Å². The Hall–Kier alpha value is -1.26. The van der Waals surface area contributed by atoms with Crippen LogP contribution >= 0.6 is 12.4 Å². The van der Waals surface area contributed by atoms with Crippen molar-refractivity contribution in [3.8, 4) is 0 Å². The largest absolute Gasteiger partial charge is 0.391 e. The van der Waals surface area contributed by atoms with Gasteiger partial charge in [0.25, 0.3) is 0 Å². The Bertz CT molecular complexity index is 333. The normalized spacial score (nSPS) is 11.2. The first-order chi connectivity index (χ1) is 8.22. The zero-order valence-corrected chi connectivity index (χ0v) is 11.4.